The molecule has 0 radical (unpaired) electrons. The molecule has 4 rings (SSSR count). The molecule has 1 N–H and O–H groups in total. The molecule has 2 aromatic carbocycles. The van der Waals surface area contributed by atoms with Crippen LogP contribution in [0.15, 0.2) is 66.0 Å². The lowest BCUT2D eigenvalue weighted by molar-refractivity contribution is -0.120. The van der Waals surface area contributed by atoms with E-state index < -0.39 is 0 Å². The Morgan fingerprint density at radius 2 is 1.78 bits per heavy atom. The van der Waals surface area contributed by atoms with Crippen molar-refractivity contribution in [1.82, 2.24) is 10.2 Å². The molecule has 27 heavy (non-hydrogen) atoms. The lowest BCUT2D eigenvalue weighted by Crippen LogP contribution is -2.37. The van der Waals surface area contributed by atoms with Crippen LogP contribution in [0.1, 0.15) is 16.0 Å². The number of nitrogens with one attached hydrogen (secondary N) is 1. The summed E-state index contributed by atoms with van der Waals surface area (Å²) in [6.45, 7) is 3.72. The molecule has 0 bridgehead atoms. The molecule has 0 aliphatic carbocycles. The molecular formula is C23H24N2OS. The fourth-order valence-corrected chi connectivity index (χ4v) is 4.43. The molecule has 138 valence electrons. The summed E-state index contributed by atoms with van der Waals surface area (Å²) in [5.74, 6) is 0.0932. The van der Waals surface area contributed by atoms with Crippen LogP contribution in [0.4, 0.5) is 0 Å². The van der Waals surface area contributed by atoms with Crippen molar-refractivity contribution >= 4 is 17.2 Å². The Bertz CT molecular complexity index is 886. The van der Waals surface area contributed by atoms with E-state index in [0.717, 1.165) is 31.6 Å². The van der Waals surface area contributed by atoms with Crippen molar-refractivity contribution in [1.29, 1.82) is 0 Å². The molecule has 0 saturated heterocycles. The Kier molecular flexibility index (Phi) is 5.66. The van der Waals surface area contributed by atoms with E-state index in [9.17, 15) is 4.79 Å². The highest BCUT2D eigenvalue weighted by Crippen LogP contribution is 2.23. The summed E-state index contributed by atoms with van der Waals surface area (Å²) >= 11 is 1.86. The number of carbonyl (C=O) groups is 1. The second-order valence-electron chi connectivity index (χ2n) is 6.98. The standard InChI is InChI=1S/C23H24N2OS/c26-23(24-12-14-25-13-10-22-21(17-25)11-15-27-22)16-18-6-8-20(9-7-18)19-4-2-1-3-5-19/h1-9,11,15H,10,12-14,16-17H2,(H,24,26). The zero-order valence-electron chi connectivity index (χ0n) is 15.4. The van der Waals surface area contributed by atoms with Gasteiger partial charge in [0.25, 0.3) is 0 Å². The van der Waals surface area contributed by atoms with Crippen LogP contribution in [0.5, 0.6) is 0 Å². The first kappa shape index (κ1) is 18.0. The minimum Gasteiger partial charge on any atom is -0.355 e. The van der Waals surface area contributed by atoms with Crippen LogP contribution >= 0.6 is 11.3 Å². The monoisotopic (exact) mass is 376 g/mol. The summed E-state index contributed by atoms with van der Waals surface area (Å²) in [5, 5.41) is 5.24. The number of thiophene rings is 1. The van der Waals surface area contributed by atoms with E-state index in [2.05, 4.69) is 45.9 Å². The normalized spacial score (nSPS) is 13.9. The third-order valence-corrected chi connectivity index (χ3v) is 6.09. The predicted molar refractivity (Wildman–Crippen MR) is 112 cm³/mol. The lowest BCUT2D eigenvalue weighted by Gasteiger charge is -2.26. The SMILES string of the molecule is O=C(Cc1ccc(-c2ccccc2)cc1)NCCN1CCc2sccc2C1. The van der Waals surface area contributed by atoms with Crippen molar-refractivity contribution < 1.29 is 4.79 Å². The van der Waals surface area contributed by atoms with Gasteiger partial charge in [-0.15, -0.1) is 11.3 Å². The van der Waals surface area contributed by atoms with Crippen LogP contribution in [-0.2, 0) is 24.2 Å². The van der Waals surface area contributed by atoms with Crippen LogP contribution in [0, 0.1) is 0 Å². The van der Waals surface area contributed by atoms with Crippen molar-refractivity contribution in [3.63, 3.8) is 0 Å². The van der Waals surface area contributed by atoms with E-state index >= 15 is 0 Å². The van der Waals surface area contributed by atoms with Gasteiger partial charge in [0.2, 0.25) is 5.91 Å². The smallest absolute Gasteiger partial charge is 0.224 e. The maximum atomic E-state index is 12.2. The van der Waals surface area contributed by atoms with Crippen molar-refractivity contribution in [2.75, 3.05) is 19.6 Å². The van der Waals surface area contributed by atoms with Crippen molar-refractivity contribution in [3.05, 3.63) is 82.0 Å². The van der Waals surface area contributed by atoms with E-state index in [1.54, 1.807) is 0 Å². The minimum atomic E-state index is 0.0932. The molecule has 0 unspecified atom stereocenters. The minimum absolute atomic E-state index is 0.0932. The summed E-state index contributed by atoms with van der Waals surface area (Å²) in [7, 11) is 0. The van der Waals surface area contributed by atoms with E-state index in [4.69, 9.17) is 0 Å². The molecule has 1 aliphatic rings. The van der Waals surface area contributed by atoms with Gasteiger partial charge in [0.15, 0.2) is 0 Å². The summed E-state index contributed by atoms with van der Waals surface area (Å²) in [4.78, 5) is 16.2. The molecule has 1 aliphatic heterocycles. The summed E-state index contributed by atoms with van der Waals surface area (Å²) in [6, 6.07) is 20.8. The molecule has 3 nitrogen and oxygen atoms in total. The fraction of sp³-hybridized carbons (Fsp3) is 0.261. The summed E-state index contributed by atoms with van der Waals surface area (Å²) in [6.07, 6.45) is 1.57. The molecular weight excluding hydrogens is 352 g/mol. The number of amides is 1. The van der Waals surface area contributed by atoms with E-state index in [-0.39, 0.29) is 5.91 Å². The Morgan fingerprint density at radius 3 is 2.59 bits per heavy atom. The number of rotatable bonds is 6. The quantitative estimate of drug-likeness (QED) is 0.701. The Morgan fingerprint density at radius 1 is 1.00 bits per heavy atom. The summed E-state index contributed by atoms with van der Waals surface area (Å²) < 4.78 is 0. The van der Waals surface area contributed by atoms with Crippen LogP contribution in [0.2, 0.25) is 0 Å². The third-order valence-electron chi connectivity index (χ3n) is 5.06. The van der Waals surface area contributed by atoms with Gasteiger partial charge in [0.1, 0.15) is 0 Å². The highest BCUT2D eigenvalue weighted by molar-refractivity contribution is 7.10. The Balaban J connectivity index is 1.23. The average molecular weight is 377 g/mol. The van der Waals surface area contributed by atoms with Crippen LogP contribution in [0.3, 0.4) is 0 Å². The third kappa shape index (κ3) is 4.65. The molecule has 2 heterocycles. The highest BCUT2D eigenvalue weighted by Gasteiger charge is 2.16. The van der Waals surface area contributed by atoms with Crippen LogP contribution in [-0.4, -0.2) is 30.4 Å². The fourth-order valence-electron chi connectivity index (χ4n) is 3.54. The van der Waals surface area contributed by atoms with Gasteiger partial charge >= 0.3 is 0 Å². The number of carbonyl (C=O) groups excluding carboxylic acids is 1. The van der Waals surface area contributed by atoms with Crippen molar-refractivity contribution in [2.24, 2.45) is 0 Å². The molecule has 0 fully saturated rings. The maximum absolute atomic E-state index is 12.2. The maximum Gasteiger partial charge on any atom is 0.224 e. The second kappa shape index (κ2) is 8.51. The second-order valence-corrected chi connectivity index (χ2v) is 7.99. The Labute approximate surface area is 164 Å². The number of benzene rings is 2. The van der Waals surface area contributed by atoms with Gasteiger partial charge in [-0.05, 0) is 40.1 Å². The molecule has 4 heteroatoms. The Hall–Kier alpha value is -2.43. The van der Waals surface area contributed by atoms with Gasteiger partial charge in [-0.2, -0.15) is 0 Å². The zero-order valence-corrected chi connectivity index (χ0v) is 16.2. The predicted octanol–water partition coefficient (Wildman–Crippen LogP) is 4.13. The van der Waals surface area contributed by atoms with E-state index in [0.29, 0.717) is 13.0 Å². The van der Waals surface area contributed by atoms with Gasteiger partial charge in [-0.3, -0.25) is 9.69 Å². The summed E-state index contributed by atoms with van der Waals surface area (Å²) in [5.41, 5.74) is 4.88. The first-order chi connectivity index (χ1) is 13.3. The molecule has 0 atom stereocenters. The number of nitrogens with zero attached hydrogens (tertiary/aromatic N) is 1. The average Bonchev–Trinajstić information content (AvgIpc) is 3.17. The number of fused-ring (bicyclic) bond motifs is 1. The zero-order chi connectivity index (χ0) is 18.5. The molecule has 1 aromatic heterocycles. The molecule has 3 aromatic rings. The van der Waals surface area contributed by atoms with Crippen molar-refractivity contribution in [2.45, 2.75) is 19.4 Å². The van der Waals surface area contributed by atoms with E-state index in [1.807, 2.05) is 41.7 Å². The first-order valence-corrected chi connectivity index (χ1v) is 10.3. The number of hydrogen-bond acceptors (Lipinski definition) is 3. The molecule has 0 saturated carbocycles. The van der Waals surface area contributed by atoms with Crippen LogP contribution < -0.4 is 5.32 Å². The van der Waals surface area contributed by atoms with E-state index in [1.165, 1.54) is 21.6 Å². The highest BCUT2D eigenvalue weighted by atomic mass is 32.1. The van der Waals surface area contributed by atoms with Gasteiger partial charge in [0.05, 0.1) is 6.42 Å². The molecule has 1 amide bonds. The van der Waals surface area contributed by atoms with Gasteiger partial charge in [0, 0.05) is 31.1 Å². The van der Waals surface area contributed by atoms with Gasteiger partial charge in [-0.25, -0.2) is 0 Å². The van der Waals surface area contributed by atoms with Gasteiger partial charge in [-0.1, -0.05) is 54.6 Å². The van der Waals surface area contributed by atoms with Crippen LogP contribution in [0.25, 0.3) is 11.1 Å². The number of hydrogen-bond donors (Lipinski definition) is 1. The largest absolute Gasteiger partial charge is 0.355 e. The van der Waals surface area contributed by atoms with Gasteiger partial charge < -0.3 is 5.32 Å². The first-order valence-electron chi connectivity index (χ1n) is 9.46. The topological polar surface area (TPSA) is 32.3 Å². The lowest BCUT2D eigenvalue weighted by atomic mass is 10.0. The molecule has 0 spiro atoms. The van der Waals surface area contributed by atoms with Crippen molar-refractivity contribution in [3.8, 4) is 11.1 Å².